The van der Waals surface area contributed by atoms with Gasteiger partial charge in [-0.1, -0.05) is 6.08 Å². The van der Waals surface area contributed by atoms with Crippen molar-refractivity contribution in [3.63, 3.8) is 0 Å². The van der Waals surface area contributed by atoms with Gasteiger partial charge in [-0.25, -0.2) is 0 Å². The van der Waals surface area contributed by atoms with E-state index in [-0.39, 0.29) is 18.8 Å². The third kappa shape index (κ3) is 5.07. The molecule has 0 heterocycles. The van der Waals surface area contributed by atoms with Gasteiger partial charge < -0.3 is 9.47 Å². The maximum atomic E-state index is 11.2. The Balaban J connectivity index is 2.12. The van der Waals surface area contributed by atoms with Gasteiger partial charge in [0.2, 0.25) is 0 Å². The molecule has 1 aliphatic carbocycles. The zero-order chi connectivity index (χ0) is 11.8. The standard InChI is InChI=1S/C12H18O4/c1-15-12(14)7-11(13)9-16-8-10-5-3-2-4-6-10/h5H,2-4,6-9H2,1H3. The molecule has 0 aliphatic heterocycles. The number of hydrogen-bond acceptors (Lipinski definition) is 4. The lowest BCUT2D eigenvalue weighted by Gasteiger charge is -2.12. The summed E-state index contributed by atoms with van der Waals surface area (Å²) in [6, 6.07) is 0. The van der Waals surface area contributed by atoms with Crippen molar-refractivity contribution in [3.05, 3.63) is 11.6 Å². The molecular formula is C12H18O4. The molecule has 0 aromatic heterocycles. The summed E-state index contributed by atoms with van der Waals surface area (Å²) >= 11 is 0. The van der Waals surface area contributed by atoms with Crippen LogP contribution in [0.25, 0.3) is 0 Å². The lowest BCUT2D eigenvalue weighted by atomic mass is 10.0. The summed E-state index contributed by atoms with van der Waals surface area (Å²) in [6.07, 6.45) is 6.58. The Morgan fingerprint density at radius 3 is 2.81 bits per heavy atom. The number of methoxy groups -OCH3 is 1. The maximum absolute atomic E-state index is 11.2. The Kier molecular flexibility index (Phi) is 5.78. The van der Waals surface area contributed by atoms with E-state index in [0.717, 1.165) is 12.8 Å². The van der Waals surface area contributed by atoms with Gasteiger partial charge in [0.1, 0.15) is 13.0 Å². The first kappa shape index (κ1) is 12.9. The highest BCUT2D eigenvalue weighted by molar-refractivity contribution is 5.96. The number of carbonyl (C=O) groups excluding carboxylic acids is 2. The van der Waals surface area contributed by atoms with Crippen molar-refractivity contribution in [2.75, 3.05) is 20.3 Å². The highest BCUT2D eigenvalue weighted by atomic mass is 16.5. The third-order valence-corrected chi connectivity index (χ3v) is 2.50. The monoisotopic (exact) mass is 226 g/mol. The largest absolute Gasteiger partial charge is 0.469 e. The van der Waals surface area contributed by atoms with Gasteiger partial charge >= 0.3 is 5.97 Å². The molecule has 16 heavy (non-hydrogen) atoms. The quantitative estimate of drug-likeness (QED) is 0.392. The molecule has 0 bridgehead atoms. The average molecular weight is 226 g/mol. The number of carbonyl (C=O) groups is 2. The van der Waals surface area contributed by atoms with E-state index in [9.17, 15) is 9.59 Å². The molecule has 0 N–H and O–H groups in total. The lowest BCUT2D eigenvalue weighted by Crippen LogP contribution is -2.16. The molecule has 90 valence electrons. The van der Waals surface area contributed by atoms with Crippen LogP contribution in [-0.4, -0.2) is 32.1 Å². The smallest absolute Gasteiger partial charge is 0.313 e. The van der Waals surface area contributed by atoms with E-state index in [1.54, 1.807) is 0 Å². The molecule has 0 saturated heterocycles. The van der Waals surface area contributed by atoms with E-state index in [1.165, 1.54) is 25.5 Å². The summed E-state index contributed by atoms with van der Waals surface area (Å²) in [7, 11) is 1.27. The second-order valence-electron chi connectivity index (χ2n) is 3.89. The highest BCUT2D eigenvalue weighted by Crippen LogP contribution is 2.17. The maximum Gasteiger partial charge on any atom is 0.313 e. The van der Waals surface area contributed by atoms with Crippen LogP contribution in [0.1, 0.15) is 32.1 Å². The van der Waals surface area contributed by atoms with Crippen LogP contribution in [0.2, 0.25) is 0 Å². The van der Waals surface area contributed by atoms with Gasteiger partial charge in [0.25, 0.3) is 0 Å². The Hall–Kier alpha value is -1.16. The normalized spacial score (nSPS) is 15.4. The summed E-state index contributed by atoms with van der Waals surface area (Å²) in [5.74, 6) is -0.742. The van der Waals surface area contributed by atoms with Gasteiger partial charge in [0.05, 0.1) is 13.7 Å². The molecule has 4 nitrogen and oxygen atoms in total. The summed E-state index contributed by atoms with van der Waals surface area (Å²) in [6.45, 7) is 0.499. The number of rotatable bonds is 6. The fourth-order valence-corrected chi connectivity index (χ4v) is 1.62. The minimum Gasteiger partial charge on any atom is -0.469 e. The molecule has 4 heteroatoms. The molecule has 0 aromatic carbocycles. The zero-order valence-corrected chi connectivity index (χ0v) is 9.66. The van der Waals surface area contributed by atoms with Crippen LogP contribution < -0.4 is 0 Å². The first-order valence-electron chi connectivity index (χ1n) is 5.56. The topological polar surface area (TPSA) is 52.6 Å². The number of esters is 1. The van der Waals surface area contributed by atoms with Gasteiger partial charge in [-0.3, -0.25) is 9.59 Å². The minimum atomic E-state index is -0.509. The first-order chi connectivity index (χ1) is 7.72. The van der Waals surface area contributed by atoms with E-state index in [2.05, 4.69) is 10.8 Å². The van der Waals surface area contributed by atoms with Gasteiger partial charge in [0.15, 0.2) is 5.78 Å². The molecule has 0 atom stereocenters. The van der Waals surface area contributed by atoms with E-state index < -0.39 is 5.97 Å². The molecular weight excluding hydrogens is 208 g/mol. The summed E-state index contributed by atoms with van der Waals surface area (Å²) in [5.41, 5.74) is 1.26. The van der Waals surface area contributed by atoms with E-state index in [1.807, 2.05) is 0 Å². The molecule has 0 unspecified atom stereocenters. The second kappa shape index (κ2) is 7.17. The molecule has 0 radical (unpaired) electrons. The summed E-state index contributed by atoms with van der Waals surface area (Å²) in [4.78, 5) is 22.0. The lowest BCUT2D eigenvalue weighted by molar-refractivity contribution is -0.144. The van der Waals surface area contributed by atoms with Crippen LogP contribution in [0.3, 0.4) is 0 Å². The van der Waals surface area contributed by atoms with Crippen LogP contribution >= 0.6 is 0 Å². The van der Waals surface area contributed by atoms with Crippen LogP contribution in [0.15, 0.2) is 11.6 Å². The van der Waals surface area contributed by atoms with Crippen molar-refractivity contribution in [2.24, 2.45) is 0 Å². The van der Waals surface area contributed by atoms with Gasteiger partial charge in [-0.2, -0.15) is 0 Å². The van der Waals surface area contributed by atoms with Gasteiger partial charge in [0, 0.05) is 0 Å². The molecule has 0 aromatic rings. The minimum absolute atomic E-state index is 0.00750. The third-order valence-electron chi connectivity index (χ3n) is 2.50. The van der Waals surface area contributed by atoms with Crippen LogP contribution in [0.5, 0.6) is 0 Å². The molecule has 0 amide bonds. The fourth-order valence-electron chi connectivity index (χ4n) is 1.62. The van der Waals surface area contributed by atoms with Crippen molar-refractivity contribution in [1.82, 2.24) is 0 Å². The number of allylic oxidation sites excluding steroid dienone is 1. The summed E-state index contributed by atoms with van der Waals surface area (Å²) < 4.78 is 9.65. The molecule has 0 saturated carbocycles. The van der Waals surface area contributed by atoms with E-state index >= 15 is 0 Å². The van der Waals surface area contributed by atoms with Crippen molar-refractivity contribution in [3.8, 4) is 0 Å². The Labute approximate surface area is 95.6 Å². The fraction of sp³-hybridized carbons (Fsp3) is 0.667. The predicted molar refractivity (Wildman–Crippen MR) is 59.0 cm³/mol. The average Bonchev–Trinajstić information content (AvgIpc) is 2.30. The number of ether oxygens (including phenoxy) is 2. The van der Waals surface area contributed by atoms with Crippen LogP contribution in [-0.2, 0) is 19.1 Å². The number of ketones is 1. The Morgan fingerprint density at radius 1 is 1.38 bits per heavy atom. The molecule has 0 fully saturated rings. The number of Topliss-reactive ketones (excluding diaryl/α,β-unsaturated/α-hetero) is 1. The van der Waals surface area contributed by atoms with E-state index in [0.29, 0.717) is 6.61 Å². The first-order valence-corrected chi connectivity index (χ1v) is 5.56. The Bertz CT molecular complexity index is 281. The van der Waals surface area contributed by atoms with Gasteiger partial charge in [-0.15, -0.1) is 0 Å². The van der Waals surface area contributed by atoms with Crippen molar-refractivity contribution in [2.45, 2.75) is 32.1 Å². The predicted octanol–water partition coefficient (Wildman–Crippen LogP) is 1.64. The van der Waals surface area contributed by atoms with E-state index in [4.69, 9.17) is 4.74 Å². The second-order valence-corrected chi connectivity index (χ2v) is 3.89. The molecule has 1 rings (SSSR count). The SMILES string of the molecule is COC(=O)CC(=O)COCC1=CCCCC1. The van der Waals surface area contributed by atoms with Crippen LogP contribution in [0, 0.1) is 0 Å². The highest BCUT2D eigenvalue weighted by Gasteiger charge is 2.10. The van der Waals surface area contributed by atoms with Gasteiger partial charge in [-0.05, 0) is 31.3 Å². The van der Waals surface area contributed by atoms with Crippen molar-refractivity contribution in [1.29, 1.82) is 0 Å². The summed E-state index contributed by atoms with van der Waals surface area (Å²) in [5, 5.41) is 0. The Morgan fingerprint density at radius 2 is 2.19 bits per heavy atom. The zero-order valence-electron chi connectivity index (χ0n) is 9.66. The van der Waals surface area contributed by atoms with Crippen LogP contribution in [0.4, 0.5) is 0 Å². The van der Waals surface area contributed by atoms with Crippen molar-refractivity contribution < 1.29 is 19.1 Å². The van der Waals surface area contributed by atoms with Crippen molar-refractivity contribution >= 4 is 11.8 Å². The molecule has 0 spiro atoms. The molecule has 1 aliphatic rings. The number of hydrogen-bond donors (Lipinski definition) is 0.